The van der Waals surface area contributed by atoms with Gasteiger partial charge in [0, 0.05) is 18.1 Å². The van der Waals surface area contributed by atoms with E-state index >= 15 is 0 Å². The molecular formula is C15H21FN2. The summed E-state index contributed by atoms with van der Waals surface area (Å²) in [6.07, 6.45) is 4.69. The molecule has 2 fully saturated rings. The number of hydrogen-bond donors (Lipinski definition) is 1. The highest BCUT2D eigenvalue weighted by Crippen LogP contribution is 2.41. The highest BCUT2D eigenvalue weighted by atomic mass is 19.1. The number of para-hydroxylation sites is 1. The van der Waals surface area contributed by atoms with E-state index in [4.69, 9.17) is 0 Å². The number of nitrogens with one attached hydrogen (secondary N) is 1. The normalized spacial score (nSPS) is 30.8. The van der Waals surface area contributed by atoms with Crippen molar-refractivity contribution in [3.05, 3.63) is 29.6 Å². The van der Waals surface area contributed by atoms with Crippen LogP contribution in [0.15, 0.2) is 18.2 Å². The van der Waals surface area contributed by atoms with Gasteiger partial charge in [0.2, 0.25) is 0 Å². The second-order valence-electron chi connectivity index (χ2n) is 5.65. The molecule has 2 aliphatic heterocycles. The molecule has 1 aromatic carbocycles. The Morgan fingerprint density at radius 2 is 1.89 bits per heavy atom. The van der Waals surface area contributed by atoms with Crippen LogP contribution >= 0.6 is 0 Å². The largest absolute Gasteiger partial charge is 0.363 e. The van der Waals surface area contributed by atoms with Gasteiger partial charge in [-0.3, -0.25) is 0 Å². The Morgan fingerprint density at radius 1 is 1.22 bits per heavy atom. The smallest absolute Gasteiger partial charge is 0.146 e. The quantitative estimate of drug-likeness (QED) is 0.865. The van der Waals surface area contributed by atoms with Crippen LogP contribution in [0.3, 0.4) is 0 Å². The van der Waals surface area contributed by atoms with Crippen LogP contribution in [0, 0.1) is 12.7 Å². The minimum absolute atomic E-state index is 0.0604. The number of halogens is 1. The van der Waals surface area contributed by atoms with Crippen molar-refractivity contribution >= 4 is 5.69 Å². The number of anilines is 1. The number of piperidine rings is 1. The highest BCUT2D eigenvalue weighted by molar-refractivity contribution is 5.57. The maximum Gasteiger partial charge on any atom is 0.146 e. The molecule has 98 valence electrons. The number of rotatable bonds is 2. The fraction of sp³-hybridized carbons (Fsp3) is 0.600. The van der Waals surface area contributed by atoms with Gasteiger partial charge in [-0.05, 0) is 51.3 Å². The van der Waals surface area contributed by atoms with Gasteiger partial charge in [0.05, 0.1) is 5.69 Å². The molecule has 0 spiro atoms. The van der Waals surface area contributed by atoms with Crippen molar-refractivity contribution in [3.8, 4) is 0 Å². The van der Waals surface area contributed by atoms with Gasteiger partial charge in [0.15, 0.2) is 0 Å². The molecule has 2 aliphatic rings. The second-order valence-corrected chi connectivity index (χ2v) is 5.65. The van der Waals surface area contributed by atoms with Crippen LogP contribution in [-0.2, 0) is 0 Å². The van der Waals surface area contributed by atoms with Crippen LogP contribution in [0.25, 0.3) is 0 Å². The molecule has 3 heteroatoms. The molecule has 3 rings (SSSR count). The predicted octanol–water partition coefficient (Wildman–Crippen LogP) is 2.85. The maximum absolute atomic E-state index is 14.1. The minimum Gasteiger partial charge on any atom is -0.363 e. The van der Waals surface area contributed by atoms with Gasteiger partial charge in [0.1, 0.15) is 5.82 Å². The Balaban J connectivity index is 1.94. The first-order valence-electron chi connectivity index (χ1n) is 6.91. The Hall–Kier alpha value is -1.09. The van der Waals surface area contributed by atoms with Crippen LogP contribution in [-0.4, -0.2) is 25.2 Å². The summed E-state index contributed by atoms with van der Waals surface area (Å²) in [4.78, 5) is 2.36. The third-order valence-corrected chi connectivity index (χ3v) is 4.59. The van der Waals surface area contributed by atoms with Crippen LogP contribution in [0.5, 0.6) is 0 Å². The van der Waals surface area contributed by atoms with E-state index in [0.29, 0.717) is 18.1 Å². The fourth-order valence-corrected chi connectivity index (χ4v) is 3.73. The fourth-order valence-electron chi connectivity index (χ4n) is 3.73. The molecule has 1 N–H and O–H groups in total. The zero-order valence-corrected chi connectivity index (χ0v) is 11.1. The molecule has 2 bridgehead atoms. The van der Waals surface area contributed by atoms with E-state index in [2.05, 4.69) is 10.2 Å². The molecule has 0 aliphatic carbocycles. The van der Waals surface area contributed by atoms with Crippen molar-refractivity contribution in [2.75, 3.05) is 11.9 Å². The number of hydrogen-bond acceptors (Lipinski definition) is 2. The average Bonchev–Trinajstić information content (AvgIpc) is 2.61. The van der Waals surface area contributed by atoms with Gasteiger partial charge in [-0.1, -0.05) is 12.1 Å². The van der Waals surface area contributed by atoms with E-state index in [1.54, 1.807) is 12.1 Å². The molecule has 2 unspecified atom stereocenters. The average molecular weight is 248 g/mol. The van der Waals surface area contributed by atoms with Crippen LogP contribution < -0.4 is 10.2 Å². The van der Waals surface area contributed by atoms with Gasteiger partial charge >= 0.3 is 0 Å². The van der Waals surface area contributed by atoms with E-state index in [-0.39, 0.29) is 5.82 Å². The lowest BCUT2D eigenvalue weighted by molar-refractivity contribution is 0.370. The van der Waals surface area contributed by atoms with E-state index in [0.717, 1.165) is 24.1 Å². The molecule has 18 heavy (non-hydrogen) atoms. The number of nitrogens with zero attached hydrogens (tertiary/aromatic N) is 1. The molecule has 0 aromatic heterocycles. The zero-order chi connectivity index (χ0) is 12.7. The third-order valence-electron chi connectivity index (χ3n) is 4.59. The molecule has 0 amide bonds. The first kappa shape index (κ1) is 12.0. The minimum atomic E-state index is -0.0604. The second kappa shape index (κ2) is 4.54. The zero-order valence-electron chi connectivity index (χ0n) is 11.1. The summed E-state index contributed by atoms with van der Waals surface area (Å²) in [6, 6.07) is 7.03. The molecule has 0 radical (unpaired) electrons. The van der Waals surface area contributed by atoms with Crippen molar-refractivity contribution in [2.24, 2.45) is 0 Å². The topological polar surface area (TPSA) is 15.3 Å². The summed E-state index contributed by atoms with van der Waals surface area (Å²) in [5, 5.41) is 3.39. The Kier molecular flexibility index (Phi) is 3.02. The summed E-state index contributed by atoms with van der Waals surface area (Å²) >= 11 is 0. The van der Waals surface area contributed by atoms with Crippen molar-refractivity contribution < 1.29 is 4.39 Å². The van der Waals surface area contributed by atoms with Gasteiger partial charge in [0.25, 0.3) is 0 Å². The Labute approximate surface area is 108 Å². The van der Waals surface area contributed by atoms with E-state index in [1.165, 1.54) is 12.8 Å². The van der Waals surface area contributed by atoms with E-state index in [9.17, 15) is 4.39 Å². The number of aryl methyl sites for hydroxylation is 1. The number of fused-ring (bicyclic) bond motifs is 2. The number of benzene rings is 1. The van der Waals surface area contributed by atoms with Crippen LogP contribution in [0.4, 0.5) is 10.1 Å². The first-order chi connectivity index (χ1) is 8.70. The summed E-state index contributed by atoms with van der Waals surface area (Å²) in [6.45, 7) is 2.02. The van der Waals surface area contributed by atoms with E-state index < -0.39 is 0 Å². The molecule has 0 saturated carbocycles. The third kappa shape index (κ3) is 1.81. The van der Waals surface area contributed by atoms with Gasteiger partial charge in [-0.15, -0.1) is 0 Å². The molecule has 2 heterocycles. The maximum atomic E-state index is 14.1. The first-order valence-corrected chi connectivity index (χ1v) is 6.91. The van der Waals surface area contributed by atoms with Gasteiger partial charge in [-0.2, -0.15) is 0 Å². The van der Waals surface area contributed by atoms with Crippen molar-refractivity contribution in [1.82, 2.24) is 5.32 Å². The van der Waals surface area contributed by atoms with Crippen molar-refractivity contribution in [1.29, 1.82) is 0 Å². The molecular weight excluding hydrogens is 227 g/mol. The monoisotopic (exact) mass is 248 g/mol. The Bertz CT molecular complexity index is 412. The van der Waals surface area contributed by atoms with Gasteiger partial charge < -0.3 is 10.2 Å². The molecule has 1 aromatic rings. The lowest BCUT2D eigenvalue weighted by atomic mass is 9.96. The Morgan fingerprint density at radius 3 is 2.44 bits per heavy atom. The van der Waals surface area contributed by atoms with Crippen LogP contribution in [0.2, 0.25) is 0 Å². The lowest BCUT2D eigenvalue weighted by Gasteiger charge is -2.41. The van der Waals surface area contributed by atoms with Crippen molar-refractivity contribution in [3.63, 3.8) is 0 Å². The molecule has 2 nitrogen and oxygen atoms in total. The predicted molar refractivity (Wildman–Crippen MR) is 72.5 cm³/mol. The van der Waals surface area contributed by atoms with Crippen molar-refractivity contribution in [2.45, 2.75) is 50.7 Å². The summed E-state index contributed by atoms with van der Waals surface area (Å²) in [5.41, 5.74) is 1.91. The summed E-state index contributed by atoms with van der Waals surface area (Å²) in [5.74, 6) is -0.0604. The lowest BCUT2D eigenvalue weighted by Crippen LogP contribution is -2.49. The standard InChI is InChI=1S/C15H21FN2/c1-10-4-3-5-14(16)15(10)18-12-6-7-13(18)9-11(8-12)17-2/h3-5,11-13,17H,6-9H2,1-2H3. The van der Waals surface area contributed by atoms with E-state index in [1.807, 2.05) is 20.0 Å². The summed E-state index contributed by atoms with van der Waals surface area (Å²) < 4.78 is 14.1. The molecule has 2 saturated heterocycles. The van der Waals surface area contributed by atoms with Crippen LogP contribution in [0.1, 0.15) is 31.2 Å². The highest BCUT2D eigenvalue weighted by Gasteiger charge is 2.41. The van der Waals surface area contributed by atoms with Gasteiger partial charge in [-0.25, -0.2) is 4.39 Å². The molecule has 2 atom stereocenters. The SMILES string of the molecule is CNC1CC2CCC(C1)N2c1c(C)cccc1F. The summed E-state index contributed by atoms with van der Waals surface area (Å²) in [7, 11) is 2.04.